The van der Waals surface area contributed by atoms with Crippen molar-refractivity contribution < 1.29 is 10.2 Å². The molecule has 2 nitrogen and oxygen atoms in total. The summed E-state index contributed by atoms with van der Waals surface area (Å²) in [5.41, 5.74) is -0.297. The van der Waals surface area contributed by atoms with E-state index >= 15 is 0 Å². The van der Waals surface area contributed by atoms with Gasteiger partial charge in [0.2, 0.25) is 0 Å². The SMILES string of the molecule is CCCC(CO)(C(C)C)C(C)O. The van der Waals surface area contributed by atoms with Crippen molar-refractivity contribution in [3.63, 3.8) is 0 Å². The maximum Gasteiger partial charge on any atom is 0.0592 e. The second-order valence-electron chi connectivity index (χ2n) is 3.97. The lowest BCUT2D eigenvalue weighted by Gasteiger charge is -2.38. The predicted octanol–water partition coefficient (Wildman–Crippen LogP) is 1.80. The van der Waals surface area contributed by atoms with Crippen LogP contribution in [0.4, 0.5) is 0 Å². The van der Waals surface area contributed by atoms with Crippen LogP contribution in [0, 0.1) is 11.3 Å². The number of aliphatic hydroxyl groups excluding tert-OH is 2. The first-order valence-corrected chi connectivity index (χ1v) is 4.80. The molecule has 0 spiro atoms. The quantitative estimate of drug-likeness (QED) is 0.667. The van der Waals surface area contributed by atoms with E-state index in [2.05, 4.69) is 20.8 Å². The molecule has 0 aromatic carbocycles. The third-order valence-electron chi connectivity index (χ3n) is 2.99. The molecule has 0 bridgehead atoms. The summed E-state index contributed by atoms with van der Waals surface area (Å²) in [4.78, 5) is 0. The van der Waals surface area contributed by atoms with Crippen molar-refractivity contribution in [2.24, 2.45) is 11.3 Å². The highest BCUT2D eigenvalue weighted by atomic mass is 16.3. The summed E-state index contributed by atoms with van der Waals surface area (Å²) < 4.78 is 0. The van der Waals surface area contributed by atoms with Crippen LogP contribution in [0.1, 0.15) is 40.5 Å². The van der Waals surface area contributed by atoms with Gasteiger partial charge in [-0.05, 0) is 19.3 Å². The first-order chi connectivity index (χ1) is 5.51. The maximum absolute atomic E-state index is 9.60. The zero-order valence-corrected chi connectivity index (χ0v) is 8.67. The minimum Gasteiger partial charge on any atom is -0.396 e. The maximum atomic E-state index is 9.60. The number of rotatable bonds is 5. The van der Waals surface area contributed by atoms with Crippen LogP contribution in [0.15, 0.2) is 0 Å². The summed E-state index contributed by atoms with van der Waals surface area (Å²) in [5, 5.41) is 18.9. The average molecular weight is 174 g/mol. The second-order valence-corrected chi connectivity index (χ2v) is 3.97. The molecule has 2 N–H and O–H groups in total. The number of hydrogen-bond acceptors (Lipinski definition) is 2. The lowest BCUT2D eigenvalue weighted by Crippen LogP contribution is -2.41. The fourth-order valence-electron chi connectivity index (χ4n) is 1.84. The zero-order valence-electron chi connectivity index (χ0n) is 8.67. The monoisotopic (exact) mass is 174 g/mol. The molecule has 0 heterocycles. The van der Waals surface area contributed by atoms with Gasteiger partial charge < -0.3 is 10.2 Å². The Morgan fingerprint density at radius 1 is 1.25 bits per heavy atom. The first-order valence-electron chi connectivity index (χ1n) is 4.80. The van der Waals surface area contributed by atoms with Crippen LogP contribution in [0.25, 0.3) is 0 Å². The summed E-state index contributed by atoms with van der Waals surface area (Å²) in [6.07, 6.45) is 1.46. The standard InChI is InChI=1S/C10H22O2/c1-5-6-10(7-11,8(2)3)9(4)12/h8-9,11-12H,5-7H2,1-4H3. The van der Waals surface area contributed by atoms with Crippen molar-refractivity contribution in [3.05, 3.63) is 0 Å². The van der Waals surface area contributed by atoms with Crippen molar-refractivity contribution in [1.82, 2.24) is 0 Å². The van der Waals surface area contributed by atoms with Gasteiger partial charge in [0.05, 0.1) is 12.7 Å². The Morgan fingerprint density at radius 2 is 1.75 bits per heavy atom. The minimum atomic E-state index is -0.428. The molecular formula is C10H22O2. The molecule has 0 rings (SSSR count). The Labute approximate surface area is 75.6 Å². The van der Waals surface area contributed by atoms with Gasteiger partial charge in [-0.15, -0.1) is 0 Å². The van der Waals surface area contributed by atoms with Gasteiger partial charge in [0.25, 0.3) is 0 Å². The van der Waals surface area contributed by atoms with E-state index in [1.807, 2.05) is 0 Å². The van der Waals surface area contributed by atoms with Gasteiger partial charge in [0.15, 0.2) is 0 Å². The minimum absolute atomic E-state index is 0.0795. The van der Waals surface area contributed by atoms with Crippen LogP contribution in [-0.4, -0.2) is 22.9 Å². The van der Waals surface area contributed by atoms with Crippen molar-refractivity contribution in [2.75, 3.05) is 6.61 Å². The van der Waals surface area contributed by atoms with Gasteiger partial charge >= 0.3 is 0 Å². The van der Waals surface area contributed by atoms with E-state index in [1.165, 1.54) is 0 Å². The van der Waals surface area contributed by atoms with Gasteiger partial charge in [-0.25, -0.2) is 0 Å². The van der Waals surface area contributed by atoms with E-state index in [0.717, 1.165) is 12.8 Å². The Kier molecular flexibility index (Phi) is 4.80. The van der Waals surface area contributed by atoms with Crippen LogP contribution in [0.3, 0.4) is 0 Å². The van der Waals surface area contributed by atoms with Crippen LogP contribution in [0.2, 0.25) is 0 Å². The van der Waals surface area contributed by atoms with Gasteiger partial charge in [0, 0.05) is 5.41 Å². The molecule has 12 heavy (non-hydrogen) atoms. The van der Waals surface area contributed by atoms with Crippen molar-refractivity contribution in [3.8, 4) is 0 Å². The molecule has 0 amide bonds. The molecule has 0 aromatic heterocycles. The van der Waals surface area contributed by atoms with Gasteiger partial charge in [-0.2, -0.15) is 0 Å². The highest BCUT2D eigenvalue weighted by Gasteiger charge is 2.36. The van der Waals surface area contributed by atoms with Crippen LogP contribution in [-0.2, 0) is 0 Å². The summed E-state index contributed by atoms with van der Waals surface area (Å²) in [6, 6.07) is 0. The molecule has 2 atom stereocenters. The van der Waals surface area contributed by atoms with E-state index in [1.54, 1.807) is 6.92 Å². The van der Waals surface area contributed by atoms with E-state index in [-0.39, 0.29) is 12.0 Å². The molecule has 0 aliphatic carbocycles. The Balaban J connectivity index is 4.51. The topological polar surface area (TPSA) is 40.5 Å². The Morgan fingerprint density at radius 3 is 1.83 bits per heavy atom. The van der Waals surface area contributed by atoms with Crippen LogP contribution in [0.5, 0.6) is 0 Å². The Hall–Kier alpha value is -0.0800. The molecule has 0 saturated heterocycles. The molecular weight excluding hydrogens is 152 g/mol. The second kappa shape index (κ2) is 4.83. The van der Waals surface area contributed by atoms with E-state index in [0.29, 0.717) is 5.92 Å². The van der Waals surface area contributed by atoms with Crippen molar-refractivity contribution >= 4 is 0 Å². The molecule has 0 saturated carbocycles. The van der Waals surface area contributed by atoms with E-state index in [4.69, 9.17) is 0 Å². The first kappa shape index (κ1) is 11.9. The molecule has 0 fully saturated rings. The van der Waals surface area contributed by atoms with Gasteiger partial charge in [0.1, 0.15) is 0 Å². The third kappa shape index (κ3) is 2.20. The summed E-state index contributed by atoms with van der Waals surface area (Å²) >= 11 is 0. The van der Waals surface area contributed by atoms with E-state index < -0.39 is 6.10 Å². The average Bonchev–Trinajstić information content (AvgIpc) is 1.98. The van der Waals surface area contributed by atoms with E-state index in [9.17, 15) is 10.2 Å². The molecule has 2 unspecified atom stereocenters. The highest BCUT2D eigenvalue weighted by Crippen LogP contribution is 2.35. The number of hydrogen-bond donors (Lipinski definition) is 2. The smallest absolute Gasteiger partial charge is 0.0592 e. The zero-order chi connectivity index (χ0) is 9.78. The molecule has 74 valence electrons. The fraction of sp³-hybridized carbons (Fsp3) is 1.00. The van der Waals surface area contributed by atoms with Gasteiger partial charge in [-0.1, -0.05) is 27.2 Å². The summed E-state index contributed by atoms with van der Waals surface area (Å²) in [5.74, 6) is 0.322. The largest absolute Gasteiger partial charge is 0.396 e. The molecule has 0 aliphatic heterocycles. The third-order valence-corrected chi connectivity index (χ3v) is 2.99. The molecule has 0 aliphatic rings. The molecule has 2 heteroatoms. The summed E-state index contributed by atoms with van der Waals surface area (Å²) in [6.45, 7) is 8.04. The number of aliphatic hydroxyl groups is 2. The van der Waals surface area contributed by atoms with Crippen molar-refractivity contribution in [1.29, 1.82) is 0 Å². The lowest BCUT2D eigenvalue weighted by molar-refractivity contribution is -0.0463. The normalized spacial score (nSPS) is 19.2. The van der Waals surface area contributed by atoms with Gasteiger partial charge in [-0.3, -0.25) is 0 Å². The summed E-state index contributed by atoms with van der Waals surface area (Å²) in [7, 11) is 0. The van der Waals surface area contributed by atoms with Crippen molar-refractivity contribution in [2.45, 2.75) is 46.6 Å². The fourth-order valence-corrected chi connectivity index (χ4v) is 1.84. The molecule has 0 radical (unpaired) electrons. The lowest BCUT2D eigenvalue weighted by atomic mass is 9.71. The Bertz CT molecular complexity index is 111. The molecule has 0 aromatic rings. The predicted molar refractivity (Wildman–Crippen MR) is 50.9 cm³/mol. The van der Waals surface area contributed by atoms with Crippen LogP contribution >= 0.6 is 0 Å². The van der Waals surface area contributed by atoms with Crippen LogP contribution < -0.4 is 0 Å². The highest BCUT2D eigenvalue weighted by molar-refractivity contribution is 4.86.